The van der Waals surface area contributed by atoms with Gasteiger partial charge in [0.1, 0.15) is 0 Å². The quantitative estimate of drug-likeness (QED) is 0.858. The van der Waals surface area contributed by atoms with Crippen molar-refractivity contribution in [1.29, 1.82) is 0 Å². The molecule has 1 amide bonds. The summed E-state index contributed by atoms with van der Waals surface area (Å²) in [7, 11) is 2.10. The Balaban J connectivity index is 1.68. The number of nitrogens with zero attached hydrogens (tertiary/aromatic N) is 2. The molecule has 2 atom stereocenters. The highest BCUT2D eigenvalue weighted by Gasteiger charge is 2.26. The minimum absolute atomic E-state index is 0.0468. The van der Waals surface area contributed by atoms with Crippen LogP contribution in [0.2, 0.25) is 0 Å². The van der Waals surface area contributed by atoms with E-state index in [1.807, 2.05) is 0 Å². The largest absolute Gasteiger partial charge is 0.346 e. The molecule has 1 aromatic rings. The number of hydrogen-bond acceptors (Lipinski definition) is 5. The van der Waals surface area contributed by atoms with Crippen LogP contribution in [0.1, 0.15) is 46.1 Å². The summed E-state index contributed by atoms with van der Waals surface area (Å²) < 4.78 is 0. The van der Waals surface area contributed by atoms with E-state index in [1.54, 1.807) is 0 Å². The molecule has 6 heteroatoms. The summed E-state index contributed by atoms with van der Waals surface area (Å²) in [5.41, 5.74) is 7.19. The minimum Gasteiger partial charge on any atom is -0.346 e. The maximum absolute atomic E-state index is 12.3. The third-order valence-electron chi connectivity index (χ3n) is 4.25. The summed E-state index contributed by atoms with van der Waals surface area (Å²) >= 11 is 1.53. The Hall–Kier alpha value is -0.980. The van der Waals surface area contributed by atoms with Gasteiger partial charge < -0.3 is 16.0 Å². The number of nitrogens with two attached hydrogens (primary N) is 1. The molecule has 1 saturated carbocycles. The fourth-order valence-electron chi connectivity index (χ4n) is 2.99. The normalized spacial score (nSPS) is 27.1. The zero-order valence-electron chi connectivity index (χ0n) is 11.9. The van der Waals surface area contributed by atoms with Crippen molar-refractivity contribution in [2.24, 2.45) is 5.73 Å². The van der Waals surface area contributed by atoms with Gasteiger partial charge >= 0.3 is 0 Å². The average molecular weight is 294 g/mol. The highest BCUT2D eigenvalue weighted by atomic mass is 32.1. The van der Waals surface area contributed by atoms with E-state index >= 15 is 0 Å². The van der Waals surface area contributed by atoms with Crippen LogP contribution in [0.4, 0.5) is 0 Å². The number of aromatic nitrogens is 1. The van der Waals surface area contributed by atoms with E-state index < -0.39 is 0 Å². The van der Waals surface area contributed by atoms with Gasteiger partial charge in [0, 0.05) is 36.5 Å². The molecule has 0 bridgehead atoms. The fourth-order valence-corrected chi connectivity index (χ4v) is 4.08. The summed E-state index contributed by atoms with van der Waals surface area (Å²) in [6.07, 6.45) is 5.26. The van der Waals surface area contributed by atoms with Gasteiger partial charge in [0.25, 0.3) is 5.91 Å². The van der Waals surface area contributed by atoms with Gasteiger partial charge in [0.05, 0.1) is 5.69 Å². The second kappa shape index (κ2) is 5.79. The van der Waals surface area contributed by atoms with Crippen molar-refractivity contribution in [3.05, 3.63) is 15.6 Å². The first kappa shape index (κ1) is 14.0. The number of rotatable bonds is 2. The zero-order valence-corrected chi connectivity index (χ0v) is 12.7. The van der Waals surface area contributed by atoms with Gasteiger partial charge in [-0.25, -0.2) is 4.98 Å². The van der Waals surface area contributed by atoms with Crippen LogP contribution in [0.15, 0.2) is 0 Å². The number of likely N-dealkylation sites (N-methyl/N-ethyl adjacent to an activating group) is 1. The summed E-state index contributed by atoms with van der Waals surface area (Å²) in [6, 6.07) is 0.202. The topological polar surface area (TPSA) is 71.2 Å². The number of carbonyl (C=O) groups excluding carboxylic acids is 1. The summed E-state index contributed by atoms with van der Waals surface area (Å²) in [5.74, 6) is -0.0468. The molecule has 2 aliphatic rings. The van der Waals surface area contributed by atoms with Crippen molar-refractivity contribution in [3.63, 3.8) is 0 Å². The lowest BCUT2D eigenvalue weighted by molar-refractivity contribution is 0.0920. The Morgan fingerprint density at radius 3 is 3.05 bits per heavy atom. The molecule has 1 aliphatic heterocycles. The van der Waals surface area contributed by atoms with Crippen LogP contribution in [0, 0.1) is 0 Å². The van der Waals surface area contributed by atoms with E-state index in [2.05, 4.69) is 22.2 Å². The molecule has 1 fully saturated rings. The molecule has 0 radical (unpaired) electrons. The molecule has 0 spiro atoms. The van der Waals surface area contributed by atoms with E-state index in [9.17, 15) is 4.79 Å². The van der Waals surface area contributed by atoms with Gasteiger partial charge in [0.2, 0.25) is 0 Å². The van der Waals surface area contributed by atoms with Gasteiger partial charge in [-0.2, -0.15) is 0 Å². The molecule has 0 aromatic carbocycles. The minimum atomic E-state index is -0.0468. The standard InChI is InChI=1S/C14H22N4OS/c1-18-7-6-11-12(8-18)20-14(17-11)13(19)16-10-5-3-2-4-9(10)15/h9-10H,2-8,15H2,1H3,(H,16,19)/t9-,10-/m1/s1. The number of amides is 1. The Morgan fingerprint density at radius 1 is 1.45 bits per heavy atom. The Bertz CT molecular complexity index is 501. The Labute approximate surface area is 123 Å². The highest BCUT2D eigenvalue weighted by molar-refractivity contribution is 7.13. The van der Waals surface area contributed by atoms with Crippen LogP contribution < -0.4 is 11.1 Å². The maximum atomic E-state index is 12.3. The monoisotopic (exact) mass is 294 g/mol. The first-order chi connectivity index (χ1) is 9.63. The maximum Gasteiger partial charge on any atom is 0.280 e. The van der Waals surface area contributed by atoms with Gasteiger partial charge in [-0.05, 0) is 19.9 Å². The molecule has 2 heterocycles. The number of thiazole rings is 1. The smallest absolute Gasteiger partial charge is 0.280 e. The van der Waals surface area contributed by atoms with Gasteiger partial charge in [0.15, 0.2) is 5.01 Å². The van der Waals surface area contributed by atoms with Crippen LogP contribution >= 0.6 is 11.3 Å². The Kier molecular flexibility index (Phi) is 4.05. The molecular formula is C14H22N4OS. The molecule has 5 nitrogen and oxygen atoms in total. The number of nitrogens with one attached hydrogen (secondary N) is 1. The molecule has 0 unspecified atom stereocenters. The lowest BCUT2D eigenvalue weighted by Gasteiger charge is -2.28. The summed E-state index contributed by atoms with van der Waals surface area (Å²) in [4.78, 5) is 20.3. The van der Waals surface area contributed by atoms with Crippen LogP contribution in [0.5, 0.6) is 0 Å². The van der Waals surface area contributed by atoms with Gasteiger partial charge in [-0.15, -0.1) is 11.3 Å². The van der Waals surface area contributed by atoms with E-state index in [0.717, 1.165) is 44.5 Å². The third kappa shape index (κ3) is 2.87. The molecule has 3 N–H and O–H groups in total. The van der Waals surface area contributed by atoms with Crippen LogP contribution in [0.3, 0.4) is 0 Å². The predicted molar refractivity (Wildman–Crippen MR) is 79.8 cm³/mol. The zero-order chi connectivity index (χ0) is 14.1. The van der Waals surface area contributed by atoms with Crippen LogP contribution in [0.25, 0.3) is 0 Å². The Morgan fingerprint density at radius 2 is 2.25 bits per heavy atom. The second-order valence-electron chi connectivity index (χ2n) is 5.90. The molecular weight excluding hydrogens is 272 g/mol. The van der Waals surface area contributed by atoms with E-state index in [0.29, 0.717) is 5.01 Å². The fraction of sp³-hybridized carbons (Fsp3) is 0.714. The summed E-state index contributed by atoms with van der Waals surface area (Å²) in [6.45, 7) is 1.93. The summed E-state index contributed by atoms with van der Waals surface area (Å²) in [5, 5.41) is 3.68. The second-order valence-corrected chi connectivity index (χ2v) is 6.99. The van der Waals surface area contributed by atoms with Gasteiger partial charge in [-0.1, -0.05) is 12.8 Å². The van der Waals surface area contributed by atoms with Crippen molar-refractivity contribution >= 4 is 17.2 Å². The van der Waals surface area contributed by atoms with Crippen molar-refractivity contribution in [2.45, 2.75) is 50.7 Å². The first-order valence-corrected chi connectivity index (χ1v) is 8.18. The third-order valence-corrected chi connectivity index (χ3v) is 5.33. The van der Waals surface area contributed by atoms with E-state index in [-0.39, 0.29) is 18.0 Å². The number of carbonyl (C=O) groups is 1. The molecule has 0 saturated heterocycles. The van der Waals surface area contributed by atoms with Crippen molar-refractivity contribution < 1.29 is 4.79 Å². The predicted octanol–water partition coefficient (Wildman–Crippen LogP) is 1.13. The lowest BCUT2D eigenvalue weighted by atomic mass is 9.91. The highest BCUT2D eigenvalue weighted by Crippen LogP contribution is 2.25. The molecule has 110 valence electrons. The van der Waals surface area contributed by atoms with E-state index in [1.165, 1.54) is 22.6 Å². The van der Waals surface area contributed by atoms with Crippen molar-refractivity contribution in [2.75, 3.05) is 13.6 Å². The van der Waals surface area contributed by atoms with Crippen molar-refractivity contribution in [3.8, 4) is 0 Å². The van der Waals surface area contributed by atoms with Gasteiger partial charge in [-0.3, -0.25) is 4.79 Å². The van der Waals surface area contributed by atoms with E-state index in [4.69, 9.17) is 5.73 Å². The first-order valence-electron chi connectivity index (χ1n) is 7.37. The molecule has 20 heavy (non-hydrogen) atoms. The number of fused-ring (bicyclic) bond motifs is 1. The lowest BCUT2D eigenvalue weighted by Crippen LogP contribution is -2.49. The average Bonchev–Trinajstić information content (AvgIpc) is 2.84. The van der Waals surface area contributed by atoms with Crippen LogP contribution in [-0.4, -0.2) is 41.5 Å². The number of hydrogen-bond donors (Lipinski definition) is 2. The molecule has 1 aliphatic carbocycles. The van der Waals surface area contributed by atoms with Crippen molar-refractivity contribution in [1.82, 2.24) is 15.2 Å². The molecule has 1 aromatic heterocycles. The SMILES string of the molecule is CN1CCc2nc(C(=O)N[C@@H]3CCCC[C@H]3N)sc2C1. The van der Waals surface area contributed by atoms with Crippen LogP contribution in [-0.2, 0) is 13.0 Å². The molecule has 3 rings (SSSR count).